The summed E-state index contributed by atoms with van der Waals surface area (Å²) in [5, 5.41) is 0. The Morgan fingerprint density at radius 1 is 1.27 bits per heavy atom. The van der Waals surface area contributed by atoms with E-state index >= 15 is 0 Å². The Bertz CT molecular complexity index is 284. The van der Waals surface area contributed by atoms with Crippen LogP contribution in [0.4, 0.5) is 0 Å². The van der Waals surface area contributed by atoms with Gasteiger partial charge in [0.15, 0.2) is 0 Å². The summed E-state index contributed by atoms with van der Waals surface area (Å²) >= 11 is 5.12. The third-order valence-corrected chi connectivity index (χ3v) is 2.22. The summed E-state index contributed by atoms with van der Waals surface area (Å²) < 4.78 is 10.5. The van der Waals surface area contributed by atoms with Crippen LogP contribution in [0.2, 0.25) is 0 Å². The van der Waals surface area contributed by atoms with Gasteiger partial charge in [0.1, 0.15) is 0 Å². The zero-order valence-corrected chi connectivity index (χ0v) is 7.18. The lowest BCUT2D eigenvalue weighted by molar-refractivity contribution is 0.108. The molecule has 1 atom stereocenters. The molecule has 0 radical (unpaired) electrons. The molecule has 56 valence electrons. The molecule has 1 aromatic carbocycles. The summed E-state index contributed by atoms with van der Waals surface area (Å²) in [5.41, 5.74) is -0.120. The fourth-order valence-corrected chi connectivity index (χ4v) is 1.33. The first-order valence-electron chi connectivity index (χ1n) is 2.94. The smallest absolute Gasteiger partial charge is 0.232 e. The van der Waals surface area contributed by atoms with E-state index in [9.17, 15) is 9.36 Å². The molecular formula is C7H5ClO2P+. The first-order valence-corrected chi connectivity index (χ1v) is 5.10. The molecule has 1 rings (SSSR count). The number of carbonyl (C=O) groups is 1. The quantitative estimate of drug-likeness (QED) is 0.667. The number of halogens is 1. The third kappa shape index (κ3) is 2.11. The van der Waals surface area contributed by atoms with Crippen molar-refractivity contribution in [3.8, 4) is 0 Å². The summed E-state index contributed by atoms with van der Waals surface area (Å²) in [6.07, 6.45) is 0. The SMILES string of the molecule is O=C(c1ccccc1)[P+](=O)Cl. The number of rotatable bonds is 2. The lowest BCUT2D eigenvalue weighted by Gasteiger charge is -1.84. The highest BCUT2D eigenvalue weighted by molar-refractivity contribution is 7.88. The molecule has 0 saturated heterocycles. The summed E-state index contributed by atoms with van der Waals surface area (Å²) in [5.74, 6) is 0. The van der Waals surface area contributed by atoms with E-state index in [0.717, 1.165) is 0 Å². The van der Waals surface area contributed by atoms with Crippen LogP contribution >= 0.6 is 18.4 Å². The number of hydrogen-bond acceptors (Lipinski definition) is 2. The van der Waals surface area contributed by atoms with Gasteiger partial charge in [-0.2, -0.15) is 0 Å². The van der Waals surface area contributed by atoms with Crippen molar-refractivity contribution < 1.29 is 9.36 Å². The first kappa shape index (κ1) is 8.38. The Balaban J connectivity index is 2.95. The van der Waals surface area contributed by atoms with Gasteiger partial charge in [-0.05, 0) is 16.7 Å². The normalized spacial score (nSPS) is 10.8. The summed E-state index contributed by atoms with van der Waals surface area (Å²) in [4.78, 5) is 10.9. The van der Waals surface area contributed by atoms with Crippen LogP contribution < -0.4 is 0 Å². The highest BCUT2D eigenvalue weighted by Crippen LogP contribution is 2.31. The van der Waals surface area contributed by atoms with Gasteiger partial charge >= 0.3 is 12.7 Å². The van der Waals surface area contributed by atoms with Gasteiger partial charge in [0, 0.05) is 0 Å². The molecule has 0 aliphatic rings. The van der Waals surface area contributed by atoms with Crippen molar-refractivity contribution >= 4 is 23.9 Å². The Morgan fingerprint density at radius 3 is 2.27 bits per heavy atom. The molecule has 0 fully saturated rings. The number of carbonyl (C=O) groups excluding carboxylic acids is 1. The molecule has 11 heavy (non-hydrogen) atoms. The number of hydrogen-bond donors (Lipinski definition) is 0. The van der Waals surface area contributed by atoms with Gasteiger partial charge in [0.2, 0.25) is 11.2 Å². The maximum atomic E-state index is 10.9. The maximum absolute atomic E-state index is 10.9. The Kier molecular flexibility index (Phi) is 2.75. The monoisotopic (exact) mass is 187 g/mol. The van der Waals surface area contributed by atoms with Crippen molar-refractivity contribution in [3.63, 3.8) is 0 Å². The summed E-state index contributed by atoms with van der Waals surface area (Å²) in [6.45, 7) is 0. The minimum absolute atomic E-state index is 0.392. The van der Waals surface area contributed by atoms with E-state index in [0.29, 0.717) is 5.56 Å². The molecule has 0 saturated carbocycles. The van der Waals surface area contributed by atoms with Crippen LogP contribution in [0.1, 0.15) is 10.4 Å². The van der Waals surface area contributed by atoms with Crippen molar-refractivity contribution in [2.75, 3.05) is 0 Å². The molecule has 0 N–H and O–H groups in total. The van der Waals surface area contributed by atoms with Gasteiger partial charge in [0.25, 0.3) is 0 Å². The van der Waals surface area contributed by atoms with Crippen molar-refractivity contribution in [2.24, 2.45) is 0 Å². The molecule has 0 aliphatic heterocycles. The van der Waals surface area contributed by atoms with E-state index in [4.69, 9.17) is 11.2 Å². The van der Waals surface area contributed by atoms with Crippen LogP contribution in [0.15, 0.2) is 30.3 Å². The minimum atomic E-state index is -2.25. The van der Waals surface area contributed by atoms with E-state index in [1.165, 1.54) is 0 Å². The van der Waals surface area contributed by atoms with Gasteiger partial charge in [-0.3, -0.25) is 0 Å². The average Bonchev–Trinajstić information content (AvgIpc) is 2.05. The molecule has 0 bridgehead atoms. The largest absolute Gasteiger partial charge is 0.537 e. The van der Waals surface area contributed by atoms with Crippen molar-refractivity contribution in [2.45, 2.75) is 0 Å². The molecular weight excluding hydrogens is 183 g/mol. The van der Waals surface area contributed by atoms with E-state index in [-0.39, 0.29) is 0 Å². The minimum Gasteiger partial charge on any atom is -0.232 e. The second-order valence-electron chi connectivity index (χ2n) is 1.92. The van der Waals surface area contributed by atoms with Gasteiger partial charge < -0.3 is 0 Å². The molecule has 1 unspecified atom stereocenters. The van der Waals surface area contributed by atoms with Gasteiger partial charge in [-0.1, -0.05) is 18.2 Å². The summed E-state index contributed by atoms with van der Waals surface area (Å²) in [6, 6.07) is 8.33. The van der Waals surface area contributed by atoms with E-state index in [1.807, 2.05) is 0 Å². The zero-order chi connectivity index (χ0) is 8.27. The highest BCUT2D eigenvalue weighted by atomic mass is 35.7. The predicted octanol–water partition coefficient (Wildman–Crippen LogP) is 2.81. The maximum Gasteiger partial charge on any atom is 0.537 e. The van der Waals surface area contributed by atoms with Crippen molar-refractivity contribution in [3.05, 3.63) is 35.9 Å². The lowest BCUT2D eigenvalue weighted by Crippen LogP contribution is -1.88. The Labute approximate surface area is 69.8 Å². The fraction of sp³-hybridized carbons (Fsp3) is 0. The highest BCUT2D eigenvalue weighted by Gasteiger charge is 2.27. The lowest BCUT2D eigenvalue weighted by atomic mass is 10.2. The topological polar surface area (TPSA) is 34.1 Å². The molecule has 1 aromatic rings. The van der Waals surface area contributed by atoms with E-state index < -0.39 is 12.7 Å². The first-order chi connectivity index (χ1) is 5.22. The van der Waals surface area contributed by atoms with E-state index in [2.05, 4.69) is 0 Å². The number of benzene rings is 1. The predicted molar refractivity (Wildman–Crippen MR) is 44.2 cm³/mol. The molecule has 0 spiro atoms. The van der Waals surface area contributed by atoms with Crippen LogP contribution in [0.5, 0.6) is 0 Å². The van der Waals surface area contributed by atoms with Crippen LogP contribution in [0, 0.1) is 0 Å². The third-order valence-electron chi connectivity index (χ3n) is 1.18. The zero-order valence-electron chi connectivity index (χ0n) is 5.53. The van der Waals surface area contributed by atoms with E-state index in [1.54, 1.807) is 30.3 Å². The van der Waals surface area contributed by atoms with Gasteiger partial charge in [0.05, 0.1) is 5.56 Å². The van der Waals surface area contributed by atoms with Crippen LogP contribution in [0.25, 0.3) is 0 Å². The Morgan fingerprint density at radius 2 is 1.82 bits per heavy atom. The van der Waals surface area contributed by atoms with Crippen LogP contribution in [-0.4, -0.2) is 5.52 Å². The van der Waals surface area contributed by atoms with Gasteiger partial charge in [-0.15, -0.1) is 0 Å². The molecule has 0 amide bonds. The van der Waals surface area contributed by atoms with Crippen molar-refractivity contribution in [1.82, 2.24) is 0 Å². The van der Waals surface area contributed by atoms with Crippen LogP contribution in [0.3, 0.4) is 0 Å². The van der Waals surface area contributed by atoms with Crippen LogP contribution in [-0.2, 0) is 4.57 Å². The molecule has 4 heteroatoms. The second kappa shape index (κ2) is 3.61. The molecule has 0 aromatic heterocycles. The summed E-state index contributed by atoms with van der Waals surface area (Å²) in [7, 11) is -2.25. The molecule has 0 heterocycles. The standard InChI is InChI=1S/C7H5ClO2P/c8-11(10)7(9)6-4-2-1-3-5-6/h1-5H/q+1. The fourth-order valence-electron chi connectivity index (χ4n) is 0.682. The van der Waals surface area contributed by atoms with Crippen molar-refractivity contribution in [1.29, 1.82) is 0 Å². The molecule has 0 aliphatic carbocycles. The Hall–Kier alpha value is -0.720. The average molecular weight is 188 g/mol. The van der Waals surface area contributed by atoms with Gasteiger partial charge in [-0.25, -0.2) is 4.79 Å². The second-order valence-corrected chi connectivity index (χ2v) is 3.73. The molecule has 2 nitrogen and oxygen atoms in total.